The smallest absolute Gasteiger partial charge is 0.283 e. The molecule has 3 aliphatic heterocycles. The number of benzene rings is 2. The standard InChI is InChI=1S/C20H14N4O3S/c1-11-4-2-3-5-13(11)19-23-24-17(21)14(18(25)22-20(24)28-19)8-12-6-7-15-16(9-12)27-10-26-15/h2-9,21H,10H2,1H3. The van der Waals surface area contributed by atoms with Crippen LogP contribution in [-0.2, 0) is 4.79 Å². The first-order valence-electron chi connectivity index (χ1n) is 8.56. The van der Waals surface area contributed by atoms with Crippen molar-refractivity contribution in [2.75, 3.05) is 6.79 Å². The van der Waals surface area contributed by atoms with Crippen molar-refractivity contribution in [3.05, 3.63) is 64.7 Å². The lowest BCUT2D eigenvalue weighted by atomic mass is 10.1. The average molecular weight is 390 g/mol. The molecule has 0 spiro atoms. The Morgan fingerprint density at radius 1 is 1.18 bits per heavy atom. The minimum absolute atomic E-state index is 0.00347. The highest BCUT2D eigenvalue weighted by Crippen LogP contribution is 2.35. The summed E-state index contributed by atoms with van der Waals surface area (Å²) in [6.45, 7) is 2.18. The summed E-state index contributed by atoms with van der Waals surface area (Å²) < 4.78 is 10.7. The number of hydrogen-bond donors (Lipinski definition) is 1. The summed E-state index contributed by atoms with van der Waals surface area (Å²) in [6, 6.07) is 13.2. The van der Waals surface area contributed by atoms with E-state index in [1.807, 2.05) is 31.2 Å². The number of aliphatic imine (C=N–C) groups is 1. The predicted octanol–water partition coefficient (Wildman–Crippen LogP) is 3.39. The van der Waals surface area contributed by atoms with Gasteiger partial charge in [0.15, 0.2) is 17.3 Å². The molecule has 0 radical (unpaired) electrons. The Balaban J connectivity index is 1.50. The summed E-state index contributed by atoms with van der Waals surface area (Å²) in [4.78, 5) is 16.7. The third-order valence-corrected chi connectivity index (χ3v) is 5.48. The number of hydrazone groups is 1. The fourth-order valence-electron chi connectivity index (χ4n) is 3.08. The van der Waals surface area contributed by atoms with Crippen molar-refractivity contribution in [2.45, 2.75) is 6.92 Å². The second kappa shape index (κ2) is 6.35. The van der Waals surface area contributed by atoms with Crippen LogP contribution in [-0.4, -0.2) is 33.8 Å². The number of amidine groups is 2. The molecule has 138 valence electrons. The van der Waals surface area contributed by atoms with E-state index in [4.69, 9.17) is 14.9 Å². The lowest BCUT2D eigenvalue weighted by molar-refractivity contribution is -0.114. The van der Waals surface area contributed by atoms with E-state index in [0.717, 1.165) is 21.7 Å². The third-order valence-electron chi connectivity index (χ3n) is 4.54. The fourth-order valence-corrected chi connectivity index (χ4v) is 4.06. The number of nitrogens with zero attached hydrogens (tertiary/aromatic N) is 3. The molecule has 1 N–H and O–H groups in total. The number of aryl methyl sites for hydroxylation is 1. The van der Waals surface area contributed by atoms with Crippen molar-refractivity contribution < 1.29 is 14.3 Å². The van der Waals surface area contributed by atoms with Crippen LogP contribution < -0.4 is 9.47 Å². The summed E-state index contributed by atoms with van der Waals surface area (Å²) in [5.41, 5.74) is 2.94. The quantitative estimate of drug-likeness (QED) is 0.794. The lowest BCUT2D eigenvalue weighted by Gasteiger charge is -2.20. The number of carbonyl (C=O) groups excluding carboxylic acids is 1. The van der Waals surface area contributed by atoms with Crippen molar-refractivity contribution in [3.63, 3.8) is 0 Å². The van der Waals surface area contributed by atoms with Gasteiger partial charge in [0.2, 0.25) is 12.0 Å². The molecule has 0 aliphatic carbocycles. The molecule has 0 saturated heterocycles. The van der Waals surface area contributed by atoms with E-state index in [2.05, 4.69) is 10.1 Å². The van der Waals surface area contributed by atoms with Gasteiger partial charge in [0, 0.05) is 5.56 Å². The third kappa shape index (κ3) is 2.69. The number of fused-ring (bicyclic) bond motifs is 2. The van der Waals surface area contributed by atoms with Crippen molar-refractivity contribution in [2.24, 2.45) is 10.1 Å². The molecular formula is C20H14N4O3S. The molecule has 3 aliphatic rings. The van der Waals surface area contributed by atoms with E-state index in [1.165, 1.54) is 16.8 Å². The van der Waals surface area contributed by atoms with Gasteiger partial charge >= 0.3 is 0 Å². The van der Waals surface area contributed by atoms with E-state index in [-0.39, 0.29) is 18.2 Å². The molecule has 0 atom stereocenters. The summed E-state index contributed by atoms with van der Waals surface area (Å²) >= 11 is 1.29. The van der Waals surface area contributed by atoms with Crippen LogP contribution in [0.5, 0.6) is 11.5 Å². The van der Waals surface area contributed by atoms with Crippen LogP contribution in [0.3, 0.4) is 0 Å². The number of nitrogens with one attached hydrogen (secondary N) is 1. The SMILES string of the molecule is Cc1ccccc1C1=NN2C(=N)C(=Cc3ccc4c(c3)OCO4)C(=O)N=C2S1. The van der Waals surface area contributed by atoms with Crippen LogP contribution in [0.2, 0.25) is 0 Å². The van der Waals surface area contributed by atoms with Crippen LogP contribution >= 0.6 is 11.8 Å². The molecule has 0 fully saturated rings. The van der Waals surface area contributed by atoms with Crippen molar-refractivity contribution in [1.82, 2.24) is 5.01 Å². The van der Waals surface area contributed by atoms with Gasteiger partial charge in [-0.2, -0.15) is 15.1 Å². The average Bonchev–Trinajstić information content (AvgIpc) is 3.32. The maximum Gasteiger partial charge on any atom is 0.283 e. The minimum Gasteiger partial charge on any atom is -0.454 e. The van der Waals surface area contributed by atoms with Crippen molar-refractivity contribution in [3.8, 4) is 11.5 Å². The second-order valence-corrected chi connectivity index (χ2v) is 7.31. The first-order valence-corrected chi connectivity index (χ1v) is 9.38. The van der Waals surface area contributed by atoms with Crippen LogP contribution in [0.4, 0.5) is 0 Å². The normalized spacial score (nSPS) is 19.0. The van der Waals surface area contributed by atoms with Gasteiger partial charge in [-0.1, -0.05) is 30.3 Å². The molecule has 0 saturated carbocycles. The van der Waals surface area contributed by atoms with Gasteiger partial charge in [0.05, 0.1) is 5.57 Å². The largest absolute Gasteiger partial charge is 0.454 e. The van der Waals surface area contributed by atoms with E-state index in [1.54, 1.807) is 24.3 Å². The monoisotopic (exact) mass is 390 g/mol. The Labute approximate surface area is 164 Å². The number of ether oxygens (including phenoxy) is 2. The number of hydrogen-bond acceptors (Lipinski definition) is 6. The van der Waals surface area contributed by atoms with E-state index in [9.17, 15) is 4.79 Å². The number of amides is 1. The molecule has 0 unspecified atom stereocenters. The van der Waals surface area contributed by atoms with E-state index >= 15 is 0 Å². The fraction of sp³-hybridized carbons (Fsp3) is 0.100. The van der Waals surface area contributed by atoms with Gasteiger partial charge in [-0.05, 0) is 48.0 Å². The van der Waals surface area contributed by atoms with E-state index in [0.29, 0.717) is 16.7 Å². The Bertz CT molecular complexity index is 1140. The zero-order valence-electron chi connectivity index (χ0n) is 14.8. The summed E-state index contributed by atoms with van der Waals surface area (Å²) in [5.74, 6) is 0.826. The maximum absolute atomic E-state index is 12.6. The highest BCUT2D eigenvalue weighted by Gasteiger charge is 2.36. The molecule has 2 aromatic rings. The Hall–Kier alpha value is -3.39. The minimum atomic E-state index is -0.456. The summed E-state index contributed by atoms with van der Waals surface area (Å²) in [6.07, 6.45) is 1.62. The van der Waals surface area contributed by atoms with Gasteiger partial charge in [0.25, 0.3) is 5.91 Å². The first-order chi connectivity index (χ1) is 13.6. The highest BCUT2D eigenvalue weighted by atomic mass is 32.2. The molecule has 5 rings (SSSR count). The molecule has 7 nitrogen and oxygen atoms in total. The summed E-state index contributed by atoms with van der Waals surface area (Å²) in [7, 11) is 0. The van der Waals surface area contributed by atoms with Crippen LogP contribution in [0.15, 0.2) is 58.1 Å². The molecule has 3 heterocycles. The van der Waals surface area contributed by atoms with Crippen LogP contribution in [0, 0.1) is 12.3 Å². The second-order valence-electron chi connectivity index (χ2n) is 6.35. The van der Waals surface area contributed by atoms with Crippen LogP contribution in [0.25, 0.3) is 6.08 Å². The zero-order valence-corrected chi connectivity index (χ0v) is 15.6. The highest BCUT2D eigenvalue weighted by molar-refractivity contribution is 8.27. The Morgan fingerprint density at radius 3 is 2.86 bits per heavy atom. The molecule has 28 heavy (non-hydrogen) atoms. The zero-order chi connectivity index (χ0) is 19.3. The maximum atomic E-state index is 12.6. The number of carbonyl (C=O) groups is 1. The van der Waals surface area contributed by atoms with Gasteiger partial charge in [-0.3, -0.25) is 10.2 Å². The van der Waals surface area contributed by atoms with Gasteiger partial charge < -0.3 is 9.47 Å². The Kier molecular flexibility index (Phi) is 3.80. The van der Waals surface area contributed by atoms with Gasteiger partial charge in [-0.15, -0.1) is 0 Å². The topological polar surface area (TPSA) is 87.3 Å². The predicted molar refractivity (Wildman–Crippen MR) is 108 cm³/mol. The molecule has 0 bridgehead atoms. The number of thioether (sulfide) groups is 1. The van der Waals surface area contributed by atoms with Crippen molar-refractivity contribution >= 4 is 39.8 Å². The van der Waals surface area contributed by atoms with Gasteiger partial charge in [0.1, 0.15) is 5.04 Å². The van der Waals surface area contributed by atoms with E-state index < -0.39 is 5.91 Å². The molecule has 2 aromatic carbocycles. The molecule has 1 amide bonds. The summed E-state index contributed by atoms with van der Waals surface area (Å²) in [5, 5.41) is 15.5. The van der Waals surface area contributed by atoms with Crippen LogP contribution in [0.1, 0.15) is 16.7 Å². The lowest BCUT2D eigenvalue weighted by Crippen LogP contribution is -2.35. The van der Waals surface area contributed by atoms with Crippen molar-refractivity contribution in [1.29, 1.82) is 5.41 Å². The Morgan fingerprint density at radius 2 is 2.00 bits per heavy atom. The molecule has 0 aromatic heterocycles. The van der Waals surface area contributed by atoms with Gasteiger partial charge in [-0.25, -0.2) is 0 Å². The number of rotatable bonds is 2. The first kappa shape index (κ1) is 16.8. The molecular weight excluding hydrogens is 376 g/mol. The molecule has 8 heteroatoms.